The number of morpholine rings is 1. The molecule has 0 aromatic rings. The molecule has 0 aromatic carbocycles. The summed E-state index contributed by atoms with van der Waals surface area (Å²) in [6, 6.07) is 0.528. The van der Waals surface area contributed by atoms with Gasteiger partial charge in [0.2, 0.25) is 0 Å². The third-order valence-electron chi connectivity index (χ3n) is 15.5. The van der Waals surface area contributed by atoms with Gasteiger partial charge in [0.15, 0.2) is 6.29 Å². The molecule has 40 heavy (non-hydrogen) atoms. The number of nitrogens with zero attached hydrogens (tertiary/aromatic N) is 1. The van der Waals surface area contributed by atoms with Gasteiger partial charge in [0.05, 0.1) is 31.5 Å². The molecule has 8 fully saturated rings. The molecule has 8 aliphatic rings. The molecule has 0 amide bonds. The summed E-state index contributed by atoms with van der Waals surface area (Å²) in [5, 5.41) is 12.1. The van der Waals surface area contributed by atoms with Crippen molar-refractivity contribution in [2.24, 2.45) is 50.7 Å². The van der Waals surface area contributed by atoms with Gasteiger partial charge in [-0.15, -0.1) is 0 Å². The van der Waals surface area contributed by atoms with E-state index in [0.717, 1.165) is 58.8 Å². The average molecular weight is 558 g/mol. The lowest BCUT2D eigenvalue weighted by atomic mass is 9.41. The third-order valence-corrected chi connectivity index (χ3v) is 15.5. The monoisotopic (exact) mass is 557 g/mol. The van der Waals surface area contributed by atoms with Crippen LogP contribution in [0.2, 0.25) is 0 Å². The maximum Gasteiger partial charge on any atom is 0.170 e. The van der Waals surface area contributed by atoms with Crippen molar-refractivity contribution in [1.82, 2.24) is 4.90 Å². The lowest BCUT2D eigenvalue weighted by molar-refractivity contribution is -0.251. The number of rotatable bonds is 3. The van der Waals surface area contributed by atoms with Gasteiger partial charge in [-0.1, -0.05) is 34.6 Å². The first kappa shape index (κ1) is 27.3. The van der Waals surface area contributed by atoms with E-state index in [1.165, 1.54) is 38.5 Å². The Bertz CT molecular complexity index is 1010. The fourth-order valence-corrected chi connectivity index (χ4v) is 13.4. The van der Waals surface area contributed by atoms with Gasteiger partial charge in [0.1, 0.15) is 0 Å². The van der Waals surface area contributed by atoms with Gasteiger partial charge < -0.3 is 24.1 Å². The van der Waals surface area contributed by atoms with Gasteiger partial charge in [-0.2, -0.15) is 0 Å². The third kappa shape index (κ3) is 3.28. The van der Waals surface area contributed by atoms with Crippen molar-refractivity contribution < 1.29 is 24.1 Å². The van der Waals surface area contributed by atoms with Gasteiger partial charge in [-0.25, -0.2) is 0 Å². The minimum Gasteiger partial charge on any atom is -0.390 e. The first-order valence-corrected chi connectivity index (χ1v) is 17.0. The standard InChI is InChI=1S/C34H55NO5/c1-21-9-16-39-28-27(21)31(4)12-13-34-20-33(34)11-8-25(40-26-18-35(14-17-38-26)22-10-15-37-19-22)30(2,3)23(33)6-7-24(34)32(31,5)29(28)36/h21-29,36H,6-20H2,1-5H3/t21-,22+,23+,24+,25+,26?,27?,28?,29+,31-,32-,33-,34?/m1/s1. The van der Waals surface area contributed by atoms with Crippen molar-refractivity contribution in [3.8, 4) is 0 Å². The van der Waals surface area contributed by atoms with Gasteiger partial charge >= 0.3 is 0 Å². The molecule has 6 nitrogen and oxygen atoms in total. The van der Waals surface area contributed by atoms with Crippen molar-refractivity contribution in [2.75, 3.05) is 39.5 Å². The van der Waals surface area contributed by atoms with Crippen LogP contribution in [0, 0.1) is 50.7 Å². The number of fused-ring (bicyclic) bond motifs is 4. The van der Waals surface area contributed by atoms with Crippen molar-refractivity contribution in [1.29, 1.82) is 0 Å². The summed E-state index contributed by atoms with van der Waals surface area (Å²) in [6.07, 6.45) is 11.1. The number of ether oxygens (including phenoxy) is 4. The van der Waals surface area contributed by atoms with Crippen LogP contribution in [0.15, 0.2) is 0 Å². The van der Waals surface area contributed by atoms with Crippen LogP contribution in [0.25, 0.3) is 0 Å². The molecular weight excluding hydrogens is 502 g/mol. The lowest BCUT2D eigenvalue weighted by Gasteiger charge is -2.63. The predicted octanol–water partition coefficient (Wildman–Crippen LogP) is 5.26. The Morgan fingerprint density at radius 2 is 1.65 bits per heavy atom. The molecule has 5 aliphatic carbocycles. The maximum atomic E-state index is 12.1. The molecule has 2 spiro atoms. The van der Waals surface area contributed by atoms with Crippen LogP contribution in [0.1, 0.15) is 92.4 Å². The number of hydrogen-bond acceptors (Lipinski definition) is 6. The summed E-state index contributed by atoms with van der Waals surface area (Å²) in [4.78, 5) is 2.55. The zero-order valence-electron chi connectivity index (χ0n) is 25.8. The number of hydrogen-bond donors (Lipinski definition) is 1. The number of aliphatic hydroxyl groups excluding tert-OH is 1. The normalized spacial score (nSPS) is 58.8. The summed E-state index contributed by atoms with van der Waals surface area (Å²) in [6.45, 7) is 17.7. The number of aliphatic hydroxyl groups is 1. The zero-order valence-corrected chi connectivity index (χ0v) is 25.8. The zero-order chi connectivity index (χ0) is 27.7. The molecule has 13 atom stereocenters. The van der Waals surface area contributed by atoms with Crippen LogP contribution in [0.3, 0.4) is 0 Å². The van der Waals surface area contributed by atoms with Crippen molar-refractivity contribution in [2.45, 2.75) is 123 Å². The highest BCUT2D eigenvalue weighted by Crippen LogP contribution is 2.89. The summed E-state index contributed by atoms with van der Waals surface area (Å²) >= 11 is 0. The fourth-order valence-electron chi connectivity index (χ4n) is 13.4. The van der Waals surface area contributed by atoms with Gasteiger partial charge in [0.25, 0.3) is 0 Å². The Hall–Kier alpha value is -0.240. The average Bonchev–Trinajstić information content (AvgIpc) is 3.20. The molecule has 3 saturated heterocycles. The second kappa shape index (κ2) is 8.91. The van der Waals surface area contributed by atoms with Gasteiger partial charge in [-0.05, 0) is 103 Å². The minimum atomic E-state index is -0.328. The molecule has 3 aliphatic heterocycles. The van der Waals surface area contributed by atoms with E-state index in [1.54, 1.807) is 0 Å². The fraction of sp³-hybridized carbons (Fsp3) is 1.00. The lowest BCUT2D eigenvalue weighted by Crippen LogP contribution is -2.60. The molecule has 6 heteroatoms. The van der Waals surface area contributed by atoms with Crippen LogP contribution in [-0.2, 0) is 18.9 Å². The Labute approximate surface area is 242 Å². The van der Waals surface area contributed by atoms with Crippen molar-refractivity contribution in [3.63, 3.8) is 0 Å². The van der Waals surface area contributed by atoms with E-state index in [9.17, 15) is 5.11 Å². The summed E-state index contributed by atoms with van der Waals surface area (Å²) in [5.74, 6) is 2.45. The predicted molar refractivity (Wildman–Crippen MR) is 153 cm³/mol. The highest BCUT2D eigenvalue weighted by Gasteiger charge is 2.84. The highest BCUT2D eigenvalue weighted by atomic mass is 16.7. The quantitative estimate of drug-likeness (QED) is 0.511. The molecule has 0 radical (unpaired) electrons. The molecule has 226 valence electrons. The Morgan fingerprint density at radius 3 is 2.45 bits per heavy atom. The smallest absolute Gasteiger partial charge is 0.170 e. The topological polar surface area (TPSA) is 60.4 Å². The van der Waals surface area contributed by atoms with Crippen LogP contribution < -0.4 is 0 Å². The SMILES string of the molecule is C[C@@H]1CCOC2C1[C@@]1(C)CCC34C[C@@]35CC[C@H](OC3CN([C@H]6CCOC6)CCO3)C(C)(C)[C@@H]5CC[C@H]4[C@]1(C)[C@H]2O. The molecule has 4 unspecified atom stereocenters. The van der Waals surface area contributed by atoms with E-state index in [2.05, 4.69) is 39.5 Å². The van der Waals surface area contributed by atoms with E-state index in [1.807, 2.05) is 0 Å². The molecule has 5 saturated carbocycles. The molecular formula is C34H55NO5. The van der Waals surface area contributed by atoms with E-state index in [0.29, 0.717) is 40.5 Å². The maximum absolute atomic E-state index is 12.1. The van der Waals surface area contributed by atoms with Gasteiger partial charge in [0, 0.05) is 37.8 Å². The molecule has 1 N–H and O–H groups in total. The molecule has 0 aromatic heterocycles. The van der Waals surface area contributed by atoms with Crippen LogP contribution in [0.5, 0.6) is 0 Å². The summed E-state index contributed by atoms with van der Waals surface area (Å²) in [7, 11) is 0. The van der Waals surface area contributed by atoms with Crippen molar-refractivity contribution in [3.05, 3.63) is 0 Å². The molecule has 8 rings (SSSR count). The Balaban J connectivity index is 1.03. The first-order valence-electron chi connectivity index (χ1n) is 17.0. The highest BCUT2D eigenvalue weighted by molar-refractivity contribution is 5.32. The van der Waals surface area contributed by atoms with E-state index in [-0.39, 0.29) is 40.8 Å². The Morgan fingerprint density at radius 1 is 0.850 bits per heavy atom. The first-order chi connectivity index (χ1) is 19.1. The van der Waals surface area contributed by atoms with Gasteiger partial charge in [-0.3, -0.25) is 4.90 Å². The van der Waals surface area contributed by atoms with E-state index >= 15 is 0 Å². The largest absolute Gasteiger partial charge is 0.390 e. The molecule has 3 heterocycles. The Kier molecular flexibility index (Phi) is 6.08. The van der Waals surface area contributed by atoms with E-state index in [4.69, 9.17) is 18.9 Å². The van der Waals surface area contributed by atoms with Crippen molar-refractivity contribution >= 4 is 0 Å². The summed E-state index contributed by atoms with van der Waals surface area (Å²) < 4.78 is 25.2. The minimum absolute atomic E-state index is 0.0350. The van der Waals surface area contributed by atoms with Crippen LogP contribution in [-0.4, -0.2) is 80.2 Å². The summed E-state index contributed by atoms with van der Waals surface area (Å²) in [5.41, 5.74) is 1.10. The van der Waals surface area contributed by atoms with Crippen LogP contribution >= 0.6 is 0 Å². The second-order valence-electron chi connectivity index (χ2n) is 16.7. The van der Waals surface area contributed by atoms with Crippen LogP contribution in [0.4, 0.5) is 0 Å². The van der Waals surface area contributed by atoms with E-state index < -0.39 is 0 Å². The second-order valence-corrected chi connectivity index (χ2v) is 16.7. The molecule has 0 bridgehead atoms.